The van der Waals surface area contributed by atoms with E-state index in [2.05, 4.69) is 36.2 Å². The molecule has 0 radical (unpaired) electrons. The zero-order valence-electron chi connectivity index (χ0n) is 12.3. The molecule has 2 aliphatic rings. The van der Waals surface area contributed by atoms with E-state index in [0.717, 1.165) is 12.8 Å². The third-order valence-electron chi connectivity index (χ3n) is 5.21. The lowest BCUT2D eigenvalue weighted by molar-refractivity contribution is -0.153. The monoisotopic (exact) mass is 273 g/mol. The van der Waals surface area contributed by atoms with Gasteiger partial charge in [0.25, 0.3) is 0 Å². The van der Waals surface area contributed by atoms with Gasteiger partial charge in [-0.3, -0.25) is 9.69 Å². The van der Waals surface area contributed by atoms with Gasteiger partial charge in [-0.25, -0.2) is 0 Å². The summed E-state index contributed by atoms with van der Waals surface area (Å²) in [5.41, 5.74) is 1.29. The van der Waals surface area contributed by atoms with Crippen LogP contribution in [0.25, 0.3) is 0 Å². The molecular weight excluding hydrogens is 250 g/mol. The van der Waals surface area contributed by atoms with Gasteiger partial charge in [0.15, 0.2) is 0 Å². The van der Waals surface area contributed by atoms with Crippen molar-refractivity contribution in [1.29, 1.82) is 0 Å². The van der Waals surface area contributed by atoms with Crippen LogP contribution < -0.4 is 0 Å². The summed E-state index contributed by atoms with van der Waals surface area (Å²) < 4.78 is 5.12. The lowest BCUT2D eigenvalue weighted by Crippen LogP contribution is -2.56. The van der Waals surface area contributed by atoms with Gasteiger partial charge in [0, 0.05) is 18.0 Å². The molecule has 2 bridgehead atoms. The summed E-state index contributed by atoms with van der Waals surface area (Å²) in [6.45, 7) is 0. The summed E-state index contributed by atoms with van der Waals surface area (Å²) in [5, 5.41) is 0. The zero-order chi connectivity index (χ0) is 14.1. The number of esters is 1. The number of nitrogens with zero attached hydrogens (tertiary/aromatic N) is 1. The van der Waals surface area contributed by atoms with Gasteiger partial charge >= 0.3 is 5.97 Å². The van der Waals surface area contributed by atoms with Crippen LogP contribution in [0.15, 0.2) is 30.3 Å². The second-order valence-electron chi connectivity index (χ2n) is 6.12. The Labute approximate surface area is 120 Å². The summed E-state index contributed by atoms with van der Waals surface area (Å²) >= 11 is 0. The number of fused-ring (bicyclic) bond motifs is 2. The Morgan fingerprint density at radius 1 is 1.25 bits per heavy atom. The van der Waals surface area contributed by atoms with Crippen molar-refractivity contribution in [3.05, 3.63) is 35.9 Å². The highest BCUT2D eigenvalue weighted by Gasteiger charge is 2.47. The number of rotatable bonds is 2. The van der Waals surface area contributed by atoms with Crippen LogP contribution in [0.4, 0.5) is 0 Å². The maximum atomic E-state index is 12.3. The first kappa shape index (κ1) is 13.6. The van der Waals surface area contributed by atoms with Crippen molar-refractivity contribution >= 4 is 5.97 Å². The maximum absolute atomic E-state index is 12.3. The smallest absolute Gasteiger partial charge is 0.310 e. The van der Waals surface area contributed by atoms with Crippen molar-refractivity contribution < 1.29 is 9.53 Å². The first-order chi connectivity index (χ1) is 9.72. The molecule has 108 valence electrons. The molecule has 3 nitrogen and oxygen atoms in total. The topological polar surface area (TPSA) is 29.5 Å². The molecule has 1 aromatic carbocycles. The fourth-order valence-electron chi connectivity index (χ4n) is 4.17. The van der Waals surface area contributed by atoms with Crippen molar-refractivity contribution in [2.75, 3.05) is 14.2 Å². The van der Waals surface area contributed by atoms with E-state index < -0.39 is 0 Å². The number of carbonyl (C=O) groups is 1. The number of ether oxygens (including phenoxy) is 1. The lowest BCUT2D eigenvalue weighted by Gasteiger charge is -2.50. The molecule has 4 atom stereocenters. The number of hydrogen-bond donors (Lipinski definition) is 0. The molecule has 2 saturated heterocycles. The molecule has 0 saturated carbocycles. The quantitative estimate of drug-likeness (QED) is 0.776. The standard InChI is InChI=1S/C17H23NO2/c1-18-13-9-6-10-15(18)16(17(19)20-2)14(11-13)12-7-4-3-5-8-12/h3-5,7-8,13-16H,6,9-11H2,1-2H3/t13?,14-,15?,16+/m0/s1. The molecule has 2 unspecified atom stereocenters. The molecule has 3 rings (SSSR count). The Morgan fingerprint density at radius 2 is 2.00 bits per heavy atom. The Bertz CT molecular complexity index is 473. The van der Waals surface area contributed by atoms with Gasteiger partial charge in [-0.2, -0.15) is 0 Å². The number of piperidine rings is 2. The van der Waals surface area contributed by atoms with Crippen LogP contribution in [0.2, 0.25) is 0 Å². The van der Waals surface area contributed by atoms with Crippen molar-refractivity contribution in [3.8, 4) is 0 Å². The number of benzene rings is 1. The zero-order valence-corrected chi connectivity index (χ0v) is 12.3. The normalized spacial score (nSPS) is 33.7. The van der Waals surface area contributed by atoms with Crippen LogP contribution in [-0.2, 0) is 9.53 Å². The van der Waals surface area contributed by atoms with Gasteiger partial charge in [0.1, 0.15) is 0 Å². The van der Waals surface area contributed by atoms with Crippen LogP contribution in [0.5, 0.6) is 0 Å². The van der Waals surface area contributed by atoms with Crippen molar-refractivity contribution in [1.82, 2.24) is 4.90 Å². The molecule has 0 spiro atoms. The molecule has 0 aromatic heterocycles. The minimum absolute atomic E-state index is 0.0241. The summed E-state index contributed by atoms with van der Waals surface area (Å²) in [6, 6.07) is 11.4. The van der Waals surface area contributed by atoms with E-state index in [-0.39, 0.29) is 11.9 Å². The Hall–Kier alpha value is -1.35. The van der Waals surface area contributed by atoms with Crippen molar-refractivity contribution in [2.45, 2.75) is 43.7 Å². The fourth-order valence-corrected chi connectivity index (χ4v) is 4.17. The van der Waals surface area contributed by atoms with Gasteiger partial charge < -0.3 is 4.74 Å². The van der Waals surface area contributed by atoms with Crippen LogP contribution in [-0.4, -0.2) is 37.1 Å². The SMILES string of the molecule is COC(=O)[C@H]1C2CCCC(C[C@H]1c1ccccc1)N2C. The van der Waals surface area contributed by atoms with Crippen molar-refractivity contribution in [2.24, 2.45) is 5.92 Å². The van der Waals surface area contributed by atoms with E-state index in [4.69, 9.17) is 4.74 Å². The van der Waals surface area contributed by atoms with E-state index in [1.165, 1.54) is 25.5 Å². The molecule has 0 amide bonds. The average molecular weight is 273 g/mol. The molecule has 2 heterocycles. The van der Waals surface area contributed by atoms with Crippen LogP contribution in [0.1, 0.15) is 37.2 Å². The number of hydrogen-bond acceptors (Lipinski definition) is 3. The fraction of sp³-hybridized carbons (Fsp3) is 0.588. The minimum atomic E-state index is -0.0453. The van der Waals surface area contributed by atoms with Crippen LogP contribution in [0.3, 0.4) is 0 Å². The molecule has 0 aliphatic carbocycles. The first-order valence-electron chi connectivity index (χ1n) is 7.57. The van der Waals surface area contributed by atoms with Gasteiger partial charge in [-0.15, -0.1) is 0 Å². The molecule has 3 heteroatoms. The summed E-state index contributed by atoms with van der Waals surface area (Å²) in [6.07, 6.45) is 4.66. The van der Waals surface area contributed by atoms with Crippen LogP contribution >= 0.6 is 0 Å². The van der Waals surface area contributed by atoms with Crippen molar-refractivity contribution in [3.63, 3.8) is 0 Å². The van der Waals surface area contributed by atoms with Crippen LogP contribution in [0, 0.1) is 5.92 Å². The molecule has 20 heavy (non-hydrogen) atoms. The maximum Gasteiger partial charge on any atom is 0.310 e. The van der Waals surface area contributed by atoms with E-state index >= 15 is 0 Å². The Kier molecular flexibility index (Phi) is 3.79. The largest absolute Gasteiger partial charge is 0.469 e. The van der Waals surface area contributed by atoms with E-state index in [9.17, 15) is 4.79 Å². The van der Waals surface area contributed by atoms with Gasteiger partial charge in [-0.05, 0) is 31.9 Å². The average Bonchev–Trinajstić information content (AvgIpc) is 2.47. The number of methoxy groups -OCH3 is 1. The molecule has 0 N–H and O–H groups in total. The van der Waals surface area contributed by atoms with E-state index in [0.29, 0.717) is 18.0 Å². The highest BCUT2D eigenvalue weighted by molar-refractivity contribution is 5.75. The minimum Gasteiger partial charge on any atom is -0.469 e. The Morgan fingerprint density at radius 3 is 2.70 bits per heavy atom. The van der Waals surface area contributed by atoms with E-state index in [1.807, 2.05) is 6.07 Å². The second kappa shape index (κ2) is 5.57. The number of carbonyl (C=O) groups excluding carboxylic acids is 1. The Balaban J connectivity index is 1.96. The predicted octanol–water partition coefficient (Wildman–Crippen LogP) is 2.82. The molecule has 2 aliphatic heterocycles. The first-order valence-corrected chi connectivity index (χ1v) is 7.57. The third-order valence-corrected chi connectivity index (χ3v) is 5.21. The predicted molar refractivity (Wildman–Crippen MR) is 78.5 cm³/mol. The van der Waals surface area contributed by atoms with Gasteiger partial charge in [-0.1, -0.05) is 36.8 Å². The molecular formula is C17H23NO2. The van der Waals surface area contributed by atoms with Gasteiger partial charge in [0.05, 0.1) is 13.0 Å². The van der Waals surface area contributed by atoms with E-state index in [1.54, 1.807) is 0 Å². The summed E-state index contributed by atoms with van der Waals surface area (Å²) in [7, 11) is 3.69. The second-order valence-corrected chi connectivity index (χ2v) is 6.12. The molecule has 1 aromatic rings. The highest BCUT2D eigenvalue weighted by atomic mass is 16.5. The lowest BCUT2D eigenvalue weighted by atomic mass is 9.69. The summed E-state index contributed by atoms with van der Waals surface area (Å²) in [4.78, 5) is 14.8. The molecule has 2 fully saturated rings. The third kappa shape index (κ3) is 2.24. The van der Waals surface area contributed by atoms with Gasteiger partial charge in [0.2, 0.25) is 0 Å². The highest BCUT2D eigenvalue weighted by Crippen LogP contribution is 2.45. The summed E-state index contributed by atoms with van der Waals surface area (Å²) in [5.74, 6) is 0.232.